The summed E-state index contributed by atoms with van der Waals surface area (Å²) in [4.78, 5) is 25.3. The zero-order chi connectivity index (χ0) is 19.7. The molecule has 0 saturated carbocycles. The summed E-state index contributed by atoms with van der Waals surface area (Å²) < 4.78 is 4.19. The van der Waals surface area contributed by atoms with Gasteiger partial charge in [-0.3, -0.25) is 24.1 Å². The number of nitrogens with one attached hydrogen (secondary N) is 3. The molecule has 0 atom stereocenters. The second kappa shape index (κ2) is 7.64. The molecule has 3 N–H and O–H groups in total. The third-order valence-electron chi connectivity index (χ3n) is 3.97. The fraction of sp³-hybridized carbons (Fsp3) is 0.267. The van der Waals surface area contributed by atoms with Crippen LogP contribution in [0.2, 0.25) is 0 Å². The van der Waals surface area contributed by atoms with Crippen LogP contribution >= 0.6 is 31.9 Å². The fourth-order valence-electron chi connectivity index (χ4n) is 2.40. The van der Waals surface area contributed by atoms with E-state index in [1.165, 1.54) is 10.9 Å². The van der Waals surface area contributed by atoms with Gasteiger partial charge in [-0.15, -0.1) is 0 Å². The summed E-state index contributed by atoms with van der Waals surface area (Å²) in [6.45, 7) is 4.16. The standard InChI is InChI=1S/C15H16Br2N8O2/c1-4-25-12(15(27)20-8-5-18-24(3)7(8)2)9(6-19-25)21-14(26)11-10(16)13(17)23-22-11/h5-6H,4H2,1-3H3,(H,20,27)(H,21,26)(H,22,23). The minimum atomic E-state index is -0.480. The van der Waals surface area contributed by atoms with E-state index in [2.05, 4.69) is 62.9 Å². The van der Waals surface area contributed by atoms with Gasteiger partial charge in [-0.25, -0.2) is 0 Å². The Labute approximate surface area is 171 Å². The van der Waals surface area contributed by atoms with E-state index < -0.39 is 11.8 Å². The third-order valence-corrected chi connectivity index (χ3v) is 5.85. The number of aromatic amines is 1. The molecule has 0 bridgehead atoms. The first-order valence-corrected chi connectivity index (χ1v) is 9.48. The van der Waals surface area contributed by atoms with E-state index in [0.717, 1.165) is 5.69 Å². The molecule has 12 heteroatoms. The number of aryl methyl sites for hydroxylation is 2. The van der Waals surface area contributed by atoms with Gasteiger partial charge < -0.3 is 10.6 Å². The highest BCUT2D eigenvalue weighted by Gasteiger charge is 2.23. The van der Waals surface area contributed by atoms with Crippen LogP contribution in [0.25, 0.3) is 0 Å². The number of H-pyrrole nitrogens is 1. The second-order valence-corrected chi connectivity index (χ2v) is 7.18. The van der Waals surface area contributed by atoms with Crippen molar-refractivity contribution >= 4 is 55.0 Å². The molecular formula is C15H16Br2N8O2. The van der Waals surface area contributed by atoms with E-state index in [4.69, 9.17) is 0 Å². The van der Waals surface area contributed by atoms with Gasteiger partial charge in [-0.2, -0.15) is 15.3 Å². The first kappa shape index (κ1) is 19.3. The average molecular weight is 500 g/mol. The lowest BCUT2D eigenvalue weighted by Gasteiger charge is -2.09. The highest BCUT2D eigenvalue weighted by molar-refractivity contribution is 9.13. The quantitative estimate of drug-likeness (QED) is 0.498. The van der Waals surface area contributed by atoms with Crippen LogP contribution in [0.15, 0.2) is 21.5 Å². The summed E-state index contributed by atoms with van der Waals surface area (Å²) in [6.07, 6.45) is 3.00. The maximum atomic E-state index is 12.8. The summed E-state index contributed by atoms with van der Waals surface area (Å²) in [5, 5.41) is 20.3. The zero-order valence-corrected chi connectivity index (χ0v) is 17.8. The fourth-order valence-corrected chi connectivity index (χ4v) is 3.03. The van der Waals surface area contributed by atoms with E-state index >= 15 is 0 Å². The van der Waals surface area contributed by atoms with Crippen LogP contribution < -0.4 is 10.6 Å². The van der Waals surface area contributed by atoms with Crippen molar-refractivity contribution in [3.05, 3.63) is 38.6 Å². The van der Waals surface area contributed by atoms with Crippen LogP contribution in [-0.4, -0.2) is 41.6 Å². The molecule has 0 radical (unpaired) electrons. The number of carbonyl (C=O) groups excluding carboxylic acids is 2. The smallest absolute Gasteiger partial charge is 0.277 e. The predicted octanol–water partition coefficient (Wildman–Crippen LogP) is 2.70. The lowest BCUT2D eigenvalue weighted by molar-refractivity contribution is 0.101. The van der Waals surface area contributed by atoms with Crippen LogP contribution in [0.4, 0.5) is 11.4 Å². The Morgan fingerprint density at radius 2 is 1.81 bits per heavy atom. The van der Waals surface area contributed by atoms with Gasteiger partial charge in [0.1, 0.15) is 10.3 Å². The Hall–Kier alpha value is -2.47. The first-order chi connectivity index (χ1) is 12.8. The number of hydrogen-bond acceptors (Lipinski definition) is 5. The number of hydrogen-bond donors (Lipinski definition) is 3. The van der Waals surface area contributed by atoms with Gasteiger partial charge in [0, 0.05) is 13.6 Å². The number of anilines is 2. The number of halogens is 2. The van der Waals surface area contributed by atoms with Gasteiger partial charge in [0.2, 0.25) is 0 Å². The van der Waals surface area contributed by atoms with Gasteiger partial charge in [0.15, 0.2) is 5.69 Å². The molecule has 10 nitrogen and oxygen atoms in total. The van der Waals surface area contributed by atoms with E-state index in [1.54, 1.807) is 17.9 Å². The Morgan fingerprint density at radius 1 is 1.15 bits per heavy atom. The molecule has 142 valence electrons. The highest BCUT2D eigenvalue weighted by atomic mass is 79.9. The van der Waals surface area contributed by atoms with Crippen LogP contribution in [0.1, 0.15) is 33.6 Å². The molecule has 0 aliphatic heterocycles. The molecule has 3 rings (SSSR count). The molecule has 0 aliphatic rings. The minimum Gasteiger partial charge on any atom is -0.318 e. The lowest BCUT2D eigenvalue weighted by Crippen LogP contribution is -2.21. The molecule has 0 spiro atoms. The van der Waals surface area contributed by atoms with E-state index in [0.29, 0.717) is 21.3 Å². The topological polar surface area (TPSA) is 123 Å². The molecule has 0 aromatic carbocycles. The van der Waals surface area contributed by atoms with E-state index in [9.17, 15) is 9.59 Å². The largest absolute Gasteiger partial charge is 0.318 e. The van der Waals surface area contributed by atoms with Gasteiger partial charge in [-0.1, -0.05) is 0 Å². The van der Waals surface area contributed by atoms with Crippen LogP contribution in [0, 0.1) is 6.92 Å². The number of carbonyl (C=O) groups is 2. The van der Waals surface area contributed by atoms with Gasteiger partial charge in [0.25, 0.3) is 11.8 Å². The van der Waals surface area contributed by atoms with Crippen molar-refractivity contribution in [3.63, 3.8) is 0 Å². The summed E-state index contributed by atoms with van der Waals surface area (Å²) in [6, 6.07) is 0. The number of nitrogens with zero attached hydrogens (tertiary/aromatic N) is 5. The van der Waals surface area contributed by atoms with Crippen molar-refractivity contribution in [2.75, 3.05) is 10.6 Å². The van der Waals surface area contributed by atoms with Crippen LogP contribution in [-0.2, 0) is 13.6 Å². The maximum Gasteiger partial charge on any atom is 0.277 e. The van der Waals surface area contributed by atoms with Gasteiger partial charge >= 0.3 is 0 Å². The number of amides is 2. The monoisotopic (exact) mass is 498 g/mol. The van der Waals surface area contributed by atoms with Crippen molar-refractivity contribution in [1.82, 2.24) is 29.8 Å². The Kier molecular flexibility index (Phi) is 5.46. The molecular weight excluding hydrogens is 484 g/mol. The molecule has 0 aliphatic carbocycles. The third kappa shape index (κ3) is 3.67. The minimum absolute atomic E-state index is 0.153. The normalized spacial score (nSPS) is 10.9. The Morgan fingerprint density at radius 3 is 2.37 bits per heavy atom. The van der Waals surface area contributed by atoms with E-state index in [1.807, 2.05) is 13.8 Å². The van der Waals surface area contributed by atoms with Crippen LogP contribution in [0.3, 0.4) is 0 Å². The number of rotatable bonds is 5. The molecule has 3 heterocycles. The lowest BCUT2D eigenvalue weighted by atomic mass is 10.3. The zero-order valence-electron chi connectivity index (χ0n) is 14.7. The first-order valence-electron chi connectivity index (χ1n) is 7.89. The molecule has 27 heavy (non-hydrogen) atoms. The van der Waals surface area contributed by atoms with Crippen molar-refractivity contribution < 1.29 is 9.59 Å². The van der Waals surface area contributed by atoms with Crippen molar-refractivity contribution in [2.45, 2.75) is 20.4 Å². The summed E-state index contributed by atoms with van der Waals surface area (Å²) in [5.74, 6) is -0.880. The molecule has 0 fully saturated rings. The Balaban J connectivity index is 1.88. The predicted molar refractivity (Wildman–Crippen MR) is 106 cm³/mol. The SMILES string of the molecule is CCn1ncc(NC(=O)c2n[nH]c(Br)c2Br)c1C(=O)Nc1cnn(C)c1C. The molecule has 0 saturated heterocycles. The number of aromatic nitrogens is 6. The van der Waals surface area contributed by atoms with Crippen molar-refractivity contribution in [3.8, 4) is 0 Å². The summed E-state index contributed by atoms with van der Waals surface area (Å²) in [7, 11) is 1.78. The maximum absolute atomic E-state index is 12.8. The summed E-state index contributed by atoms with van der Waals surface area (Å²) >= 11 is 6.51. The van der Waals surface area contributed by atoms with Crippen LogP contribution in [0.5, 0.6) is 0 Å². The van der Waals surface area contributed by atoms with Crippen molar-refractivity contribution in [1.29, 1.82) is 0 Å². The van der Waals surface area contributed by atoms with Crippen molar-refractivity contribution in [2.24, 2.45) is 7.05 Å². The molecule has 0 unspecified atom stereocenters. The highest BCUT2D eigenvalue weighted by Crippen LogP contribution is 2.25. The van der Waals surface area contributed by atoms with Gasteiger partial charge in [-0.05, 0) is 45.7 Å². The average Bonchev–Trinajstić information content (AvgIpc) is 3.29. The van der Waals surface area contributed by atoms with Gasteiger partial charge in [0.05, 0.1) is 33.9 Å². The van der Waals surface area contributed by atoms with E-state index in [-0.39, 0.29) is 17.1 Å². The molecule has 3 aromatic rings. The molecule has 2 amide bonds. The second-order valence-electron chi connectivity index (χ2n) is 5.60. The Bertz CT molecular complexity index is 1020. The molecule has 3 aromatic heterocycles. The summed E-state index contributed by atoms with van der Waals surface area (Å²) in [5.41, 5.74) is 2.07.